The summed E-state index contributed by atoms with van der Waals surface area (Å²) < 4.78 is 0. The highest BCUT2D eigenvalue weighted by atomic mass is 16.3. The molecule has 1 aliphatic rings. The van der Waals surface area contributed by atoms with Crippen molar-refractivity contribution in [3.8, 4) is 11.5 Å². The predicted molar refractivity (Wildman–Crippen MR) is 65.5 cm³/mol. The molecular weight excluding hydrogens is 234 g/mol. The van der Waals surface area contributed by atoms with E-state index in [1.54, 1.807) is 0 Å². The number of benzene rings is 1. The first-order valence-electron chi connectivity index (χ1n) is 6.02. The number of hydrogen-bond acceptors (Lipinski definition) is 4. The number of aliphatic hydroxyl groups is 1. The highest BCUT2D eigenvalue weighted by Crippen LogP contribution is 2.30. The van der Waals surface area contributed by atoms with E-state index in [1.165, 1.54) is 12.1 Å². The summed E-state index contributed by atoms with van der Waals surface area (Å²) in [4.78, 5) is 12.0. The minimum Gasteiger partial charge on any atom is -0.508 e. The van der Waals surface area contributed by atoms with Gasteiger partial charge in [0.1, 0.15) is 11.5 Å². The van der Waals surface area contributed by atoms with Gasteiger partial charge in [-0.05, 0) is 25.0 Å². The van der Waals surface area contributed by atoms with Crippen molar-refractivity contribution in [2.45, 2.75) is 31.2 Å². The van der Waals surface area contributed by atoms with Crippen LogP contribution in [0.3, 0.4) is 0 Å². The van der Waals surface area contributed by atoms with E-state index in [4.69, 9.17) is 5.11 Å². The molecule has 1 amide bonds. The van der Waals surface area contributed by atoms with Crippen molar-refractivity contribution in [2.75, 3.05) is 6.61 Å². The third-order valence-electron chi connectivity index (χ3n) is 3.47. The maximum Gasteiger partial charge on any atom is 0.255 e. The lowest BCUT2D eigenvalue weighted by molar-refractivity contribution is 0.0836. The number of hydrogen-bond donors (Lipinski definition) is 4. The fourth-order valence-corrected chi connectivity index (χ4v) is 2.39. The average molecular weight is 251 g/mol. The van der Waals surface area contributed by atoms with Crippen LogP contribution in [0.4, 0.5) is 0 Å². The number of carbonyl (C=O) groups excluding carboxylic acids is 1. The summed E-state index contributed by atoms with van der Waals surface area (Å²) in [5, 5.41) is 31.0. The van der Waals surface area contributed by atoms with Gasteiger partial charge in [0.25, 0.3) is 5.91 Å². The third-order valence-corrected chi connectivity index (χ3v) is 3.47. The molecular formula is C13H17NO4. The van der Waals surface area contributed by atoms with Crippen LogP contribution in [0.5, 0.6) is 11.5 Å². The second kappa shape index (κ2) is 4.86. The quantitative estimate of drug-likeness (QED) is 0.648. The molecule has 1 saturated carbocycles. The van der Waals surface area contributed by atoms with Crippen LogP contribution >= 0.6 is 0 Å². The van der Waals surface area contributed by atoms with Gasteiger partial charge in [0.15, 0.2) is 0 Å². The summed E-state index contributed by atoms with van der Waals surface area (Å²) >= 11 is 0. The molecule has 0 atom stereocenters. The van der Waals surface area contributed by atoms with Crippen molar-refractivity contribution in [3.63, 3.8) is 0 Å². The molecule has 1 aliphatic carbocycles. The number of nitrogens with one attached hydrogen (secondary N) is 1. The number of phenols is 2. The first-order chi connectivity index (χ1) is 8.56. The summed E-state index contributed by atoms with van der Waals surface area (Å²) in [5.41, 5.74) is -0.464. The molecule has 2 rings (SSSR count). The molecule has 5 heteroatoms. The van der Waals surface area contributed by atoms with Gasteiger partial charge in [0, 0.05) is 6.07 Å². The number of carbonyl (C=O) groups is 1. The van der Waals surface area contributed by atoms with E-state index in [0.29, 0.717) is 0 Å². The smallest absolute Gasteiger partial charge is 0.255 e. The van der Waals surface area contributed by atoms with Crippen LogP contribution < -0.4 is 5.32 Å². The summed E-state index contributed by atoms with van der Waals surface area (Å²) in [7, 11) is 0. The Balaban J connectivity index is 2.16. The zero-order valence-corrected chi connectivity index (χ0v) is 10.0. The Hall–Kier alpha value is -1.75. The summed E-state index contributed by atoms with van der Waals surface area (Å²) in [6, 6.07) is 3.82. The Morgan fingerprint density at radius 1 is 1.28 bits per heavy atom. The maximum absolute atomic E-state index is 12.0. The van der Waals surface area contributed by atoms with Crippen LogP contribution in [0.15, 0.2) is 18.2 Å². The van der Waals surface area contributed by atoms with E-state index in [2.05, 4.69) is 5.32 Å². The van der Waals surface area contributed by atoms with Gasteiger partial charge in [0.2, 0.25) is 0 Å². The molecule has 0 unspecified atom stereocenters. The van der Waals surface area contributed by atoms with Crippen LogP contribution in [0.2, 0.25) is 0 Å². The molecule has 1 aromatic rings. The molecule has 0 spiro atoms. The number of amides is 1. The normalized spacial score (nSPS) is 17.6. The van der Waals surface area contributed by atoms with Gasteiger partial charge in [-0.25, -0.2) is 0 Å². The molecule has 5 nitrogen and oxygen atoms in total. The summed E-state index contributed by atoms with van der Waals surface area (Å²) in [5.74, 6) is -0.788. The maximum atomic E-state index is 12.0. The second-order valence-electron chi connectivity index (χ2n) is 4.80. The van der Waals surface area contributed by atoms with Crippen molar-refractivity contribution >= 4 is 5.91 Å². The van der Waals surface area contributed by atoms with Gasteiger partial charge >= 0.3 is 0 Å². The lowest BCUT2D eigenvalue weighted by Crippen LogP contribution is -2.49. The number of aliphatic hydroxyl groups excluding tert-OH is 1. The van der Waals surface area contributed by atoms with Gasteiger partial charge in [-0.15, -0.1) is 0 Å². The van der Waals surface area contributed by atoms with Crippen molar-refractivity contribution in [3.05, 3.63) is 23.8 Å². The van der Waals surface area contributed by atoms with Gasteiger partial charge in [-0.2, -0.15) is 0 Å². The molecule has 0 aliphatic heterocycles. The fraction of sp³-hybridized carbons (Fsp3) is 0.462. The largest absolute Gasteiger partial charge is 0.508 e. The number of aromatic hydroxyl groups is 2. The molecule has 0 bridgehead atoms. The van der Waals surface area contributed by atoms with Gasteiger partial charge in [-0.1, -0.05) is 12.8 Å². The SMILES string of the molecule is O=C(NC1(CO)CCCC1)c1ccc(O)cc1O. The van der Waals surface area contributed by atoms with E-state index < -0.39 is 11.4 Å². The molecule has 4 N–H and O–H groups in total. The lowest BCUT2D eigenvalue weighted by Gasteiger charge is -2.28. The second-order valence-corrected chi connectivity index (χ2v) is 4.80. The molecule has 0 heterocycles. The zero-order valence-electron chi connectivity index (χ0n) is 10.0. The van der Waals surface area contributed by atoms with Gasteiger partial charge in [-0.3, -0.25) is 4.79 Å². The monoisotopic (exact) mass is 251 g/mol. The minimum atomic E-state index is -0.568. The van der Waals surface area contributed by atoms with Crippen LogP contribution in [-0.2, 0) is 0 Å². The molecule has 98 valence electrons. The van der Waals surface area contributed by atoms with Crippen LogP contribution in [0.1, 0.15) is 36.0 Å². The van der Waals surface area contributed by atoms with Gasteiger partial charge in [0.05, 0.1) is 17.7 Å². The molecule has 1 aromatic carbocycles. The molecule has 18 heavy (non-hydrogen) atoms. The third kappa shape index (κ3) is 2.41. The zero-order chi connectivity index (χ0) is 13.2. The molecule has 0 aromatic heterocycles. The highest BCUT2D eigenvalue weighted by molar-refractivity contribution is 5.97. The predicted octanol–water partition coefficient (Wildman–Crippen LogP) is 1.13. The summed E-state index contributed by atoms with van der Waals surface area (Å²) in [6.07, 6.45) is 3.44. The Morgan fingerprint density at radius 2 is 1.94 bits per heavy atom. The van der Waals surface area contributed by atoms with Crippen molar-refractivity contribution < 1.29 is 20.1 Å². The number of phenolic OH excluding ortho intramolecular Hbond substituents is 2. The lowest BCUT2D eigenvalue weighted by atomic mass is 9.98. The van der Waals surface area contributed by atoms with E-state index in [-0.39, 0.29) is 23.7 Å². The van der Waals surface area contributed by atoms with Crippen LogP contribution in [-0.4, -0.2) is 33.4 Å². The van der Waals surface area contributed by atoms with Crippen LogP contribution in [0.25, 0.3) is 0 Å². The minimum absolute atomic E-state index is 0.0956. The van der Waals surface area contributed by atoms with Crippen molar-refractivity contribution in [1.82, 2.24) is 5.32 Å². The highest BCUT2D eigenvalue weighted by Gasteiger charge is 2.35. The Labute approximate surface area is 105 Å². The Kier molecular flexibility index (Phi) is 3.43. The standard InChI is InChI=1S/C13H17NO4/c15-8-13(5-1-2-6-13)14-12(18)10-4-3-9(16)7-11(10)17/h3-4,7,15-17H,1-2,5-6,8H2,(H,14,18). The molecule has 0 radical (unpaired) electrons. The fourth-order valence-electron chi connectivity index (χ4n) is 2.39. The number of rotatable bonds is 3. The molecule has 1 fully saturated rings. The first kappa shape index (κ1) is 12.7. The topological polar surface area (TPSA) is 89.8 Å². The summed E-state index contributed by atoms with van der Waals surface area (Å²) in [6.45, 7) is -0.0996. The van der Waals surface area contributed by atoms with E-state index >= 15 is 0 Å². The molecule has 0 saturated heterocycles. The van der Waals surface area contributed by atoms with E-state index in [9.17, 15) is 15.0 Å². The van der Waals surface area contributed by atoms with Crippen molar-refractivity contribution in [2.24, 2.45) is 0 Å². The van der Waals surface area contributed by atoms with Crippen molar-refractivity contribution in [1.29, 1.82) is 0 Å². The van der Waals surface area contributed by atoms with E-state index in [0.717, 1.165) is 31.7 Å². The first-order valence-corrected chi connectivity index (χ1v) is 6.02. The average Bonchev–Trinajstić information content (AvgIpc) is 2.78. The Bertz CT molecular complexity index is 452. The van der Waals surface area contributed by atoms with Gasteiger partial charge < -0.3 is 20.6 Å². The Morgan fingerprint density at radius 3 is 2.50 bits per heavy atom. The van der Waals surface area contributed by atoms with Crippen LogP contribution in [0, 0.1) is 0 Å². The van der Waals surface area contributed by atoms with E-state index in [1.807, 2.05) is 0 Å².